The molecule has 0 bridgehead atoms. The molecule has 0 spiro atoms. The summed E-state index contributed by atoms with van der Waals surface area (Å²) in [5, 5.41) is 13.9. The summed E-state index contributed by atoms with van der Waals surface area (Å²) in [6.45, 7) is 0. The van der Waals surface area contributed by atoms with Crippen molar-refractivity contribution in [2.75, 3.05) is 19.5 Å². The van der Waals surface area contributed by atoms with Crippen LogP contribution in [0, 0.1) is 0 Å². The number of hydrogen-bond acceptors (Lipinski definition) is 5. The molecule has 6 nitrogen and oxygen atoms in total. The van der Waals surface area contributed by atoms with Crippen LogP contribution in [0.1, 0.15) is 15.9 Å². The Morgan fingerprint density at radius 2 is 2.00 bits per heavy atom. The van der Waals surface area contributed by atoms with E-state index in [1.165, 1.54) is 7.11 Å². The first-order chi connectivity index (χ1) is 11.6. The molecule has 3 N–H and O–H groups in total. The zero-order valence-corrected chi connectivity index (χ0v) is 13.3. The molecule has 0 amide bonds. The number of rotatable bonds is 4. The normalized spacial score (nSPS) is 11.1. The monoisotopic (exact) mass is 323 g/mol. The minimum Gasteiger partial charge on any atom is -0.494 e. The van der Waals surface area contributed by atoms with Crippen molar-refractivity contribution in [1.29, 1.82) is 0 Å². The lowest BCUT2D eigenvalue weighted by atomic mass is 10.1. The van der Waals surface area contributed by atoms with E-state index >= 15 is 0 Å². The molecule has 0 aliphatic rings. The van der Waals surface area contributed by atoms with Gasteiger partial charge in [-0.25, -0.2) is 4.79 Å². The molecule has 0 unspecified atom stereocenters. The second-order valence-corrected chi connectivity index (χ2v) is 5.19. The lowest BCUT2D eigenvalue weighted by Crippen LogP contribution is -2.00. The largest absolute Gasteiger partial charge is 0.494 e. The van der Waals surface area contributed by atoms with E-state index in [0.717, 1.165) is 16.8 Å². The van der Waals surface area contributed by atoms with E-state index in [2.05, 4.69) is 15.3 Å². The molecular weight excluding hydrogens is 306 g/mol. The molecule has 0 saturated carbocycles. The van der Waals surface area contributed by atoms with E-state index in [-0.39, 0.29) is 5.88 Å². The lowest BCUT2D eigenvalue weighted by Gasteiger charge is -2.00. The van der Waals surface area contributed by atoms with Crippen molar-refractivity contribution in [3.8, 4) is 5.88 Å². The van der Waals surface area contributed by atoms with Crippen LogP contribution in [0.3, 0.4) is 0 Å². The van der Waals surface area contributed by atoms with Gasteiger partial charge in [0.1, 0.15) is 0 Å². The number of hydrogen-bond donors (Lipinski definition) is 3. The molecule has 3 aromatic rings. The van der Waals surface area contributed by atoms with E-state index in [0.29, 0.717) is 16.6 Å². The lowest BCUT2D eigenvalue weighted by molar-refractivity contribution is 0.0601. The molecule has 1 heterocycles. The third kappa shape index (κ3) is 2.94. The smallest absolute Gasteiger partial charge is 0.337 e. The molecule has 0 atom stereocenters. The van der Waals surface area contributed by atoms with Crippen molar-refractivity contribution in [3.63, 3.8) is 0 Å². The minimum absolute atomic E-state index is 0.00242. The maximum absolute atomic E-state index is 11.6. The van der Waals surface area contributed by atoms with E-state index in [1.54, 1.807) is 24.4 Å². The first-order valence-electron chi connectivity index (χ1n) is 7.37. The van der Waals surface area contributed by atoms with E-state index in [1.807, 2.05) is 31.3 Å². The molecule has 6 heteroatoms. The van der Waals surface area contributed by atoms with Gasteiger partial charge in [-0.15, -0.1) is 0 Å². The molecule has 0 aliphatic carbocycles. The molecule has 1 aromatic heterocycles. The number of nitrogens with zero attached hydrogens (tertiary/aromatic N) is 1. The van der Waals surface area contributed by atoms with E-state index in [9.17, 15) is 9.90 Å². The predicted octanol–water partition coefficient (Wildman–Crippen LogP) is 3.45. The summed E-state index contributed by atoms with van der Waals surface area (Å²) in [6, 6.07) is 12.6. The number of carbonyl (C=O) groups excluding carboxylic acids is 1. The number of nitrogens with one attached hydrogen (secondary N) is 2. The van der Waals surface area contributed by atoms with Crippen molar-refractivity contribution in [2.45, 2.75) is 0 Å². The number of aromatic amines is 1. The maximum atomic E-state index is 11.6. The first kappa shape index (κ1) is 15.6. The highest BCUT2D eigenvalue weighted by Gasteiger charge is 2.12. The number of anilines is 1. The second kappa shape index (κ2) is 6.45. The van der Waals surface area contributed by atoms with Crippen molar-refractivity contribution >= 4 is 34.5 Å². The number of aromatic hydroxyl groups is 1. The first-order valence-corrected chi connectivity index (χ1v) is 7.37. The van der Waals surface area contributed by atoms with Crippen LogP contribution in [-0.2, 0) is 4.74 Å². The van der Waals surface area contributed by atoms with Crippen molar-refractivity contribution < 1.29 is 14.6 Å². The molecule has 0 aliphatic heterocycles. The predicted molar refractivity (Wildman–Crippen MR) is 94.5 cm³/mol. The number of aromatic nitrogens is 1. The Bertz CT molecular complexity index is 911. The van der Waals surface area contributed by atoms with Gasteiger partial charge in [-0.2, -0.15) is 0 Å². The molecule has 3 rings (SSSR count). The minimum atomic E-state index is -0.425. The highest BCUT2D eigenvalue weighted by Crippen LogP contribution is 2.27. The topological polar surface area (TPSA) is 86.7 Å². The fourth-order valence-electron chi connectivity index (χ4n) is 2.43. The van der Waals surface area contributed by atoms with Crippen LogP contribution >= 0.6 is 0 Å². The van der Waals surface area contributed by atoms with Gasteiger partial charge in [-0.05, 0) is 36.4 Å². The van der Waals surface area contributed by atoms with Gasteiger partial charge in [0.25, 0.3) is 0 Å². The second-order valence-electron chi connectivity index (χ2n) is 5.19. The van der Waals surface area contributed by atoms with Crippen molar-refractivity contribution in [1.82, 2.24) is 4.98 Å². The number of H-pyrrole nitrogens is 1. The van der Waals surface area contributed by atoms with E-state index < -0.39 is 5.97 Å². The summed E-state index contributed by atoms with van der Waals surface area (Å²) in [4.78, 5) is 18.8. The molecular formula is C18H17N3O3. The Kier molecular flexibility index (Phi) is 4.20. The number of benzene rings is 2. The Labute approximate surface area is 138 Å². The third-order valence-corrected chi connectivity index (χ3v) is 3.74. The molecule has 0 radical (unpaired) electrons. The number of aliphatic imine (C=N–C) groups is 1. The van der Waals surface area contributed by atoms with Gasteiger partial charge in [-0.1, -0.05) is 6.07 Å². The van der Waals surface area contributed by atoms with Crippen molar-refractivity contribution in [2.24, 2.45) is 4.99 Å². The Morgan fingerprint density at radius 3 is 2.67 bits per heavy atom. The number of esters is 1. The van der Waals surface area contributed by atoms with Crippen LogP contribution in [0.5, 0.6) is 5.88 Å². The summed E-state index contributed by atoms with van der Waals surface area (Å²) in [7, 11) is 3.18. The van der Waals surface area contributed by atoms with Crippen LogP contribution in [-0.4, -0.2) is 36.4 Å². The Hall–Kier alpha value is -3.28. The van der Waals surface area contributed by atoms with Crippen LogP contribution in [0.4, 0.5) is 11.4 Å². The summed E-state index contributed by atoms with van der Waals surface area (Å²) in [6.07, 6.45) is 1.60. The fourth-order valence-corrected chi connectivity index (χ4v) is 2.43. The zero-order chi connectivity index (χ0) is 17.1. The Morgan fingerprint density at radius 1 is 1.25 bits per heavy atom. The van der Waals surface area contributed by atoms with Gasteiger partial charge < -0.3 is 20.1 Å². The van der Waals surface area contributed by atoms with Gasteiger partial charge in [0.05, 0.1) is 23.9 Å². The maximum Gasteiger partial charge on any atom is 0.337 e. The Balaban J connectivity index is 1.95. The van der Waals surface area contributed by atoms with Crippen LogP contribution in [0.25, 0.3) is 10.9 Å². The van der Waals surface area contributed by atoms with Gasteiger partial charge in [-0.3, -0.25) is 4.99 Å². The van der Waals surface area contributed by atoms with Crippen molar-refractivity contribution in [3.05, 3.63) is 53.6 Å². The average Bonchev–Trinajstić information content (AvgIpc) is 2.94. The van der Waals surface area contributed by atoms with E-state index in [4.69, 9.17) is 4.74 Å². The summed E-state index contributed by atoms with van der Waals surface area (Å²) in [5.74, 6) is -0.423. The number of methoxy groups -OCH3 is 1. The molecule has 2 aromatic carbocycles. The van der Waals surface area contributed by atoms with Crippen LogP contribution in [0.2, 0.25) is 0 Å². The molecule has 0 fully saturated rings. The number of ether oxygens (including phenoxy) is 1. The third-order valence-electron chi connectivity index (χ3n) is 3.74. The molecule has 0 saturated heterocycles. The average molecular weight is 323 g/mol. The number of fused-ring (bicyclic) bond motifs is 1. The number of carbonyl (C=O) groups is 1. The summed E-state index contributed by atoms with van der Waals surface area (Å²) < 4.78 is 4.70. The summed E-state index contributed by atoms with van der Waals surface area (Å²) >= 11 is 0. The standard InChI is InChI=1S/C18H17N3O3/c1-19-12-4-6-13(7-5-12)20-10-15-14-8-3-11(18(23)24-2)9-16(14)21-17(15)22/h3-10,19,21-22H,1-2H3. The zero-order valence-electron chi connectivity index (χ0n) is 13.3. The molecule has 122 valence electrons. The highest BCUT2D eigenvalue weighted by atomic mass is 16.5. The van der Waals surface area contributed by atoms with Crippen LogP contribution < -0.4 is 5.32 Å². The van der Waals surface area contributed by atoms with Crippen LogP contribution in [0.15, 0.2) is 47.5 Å². The molecule has 24 heavy (non-hydrogen) atoms. The summed E-state index contributed by atoms with van der Waals surface area (Å²) in [5.41, 5.74) is 3.40. The SMILES string of the molecule is CNc1ccc(N=Cc2c(O)[nH]c3cc(C(=O)OC)ccc23)cc1. The fraction of sp³-hybridized carbons (Fsp3) is 0.111. The highest BCUT2D eigenvalue weighted by molar-refractivity contribution is 6.04. The van der Waals surface area contributed by atoms with Gasteiger partial charge in [0.2, 0.25) is 0 Å². The van der Waals surface area contributed by atoms with Gasteiger partial charge >= 0.3 is 5.97 Å². The quantitative estimate of drug-likeness (QED) is 0.507. The van der Waals surface area contributed by atoms with Gasteiger partial charge in [0.15, 0.2) is 5.88 Å². The van der Waals surface area contributed by atoms with Gasteiger partial charge in [0, 0.05) is 29.9 Å².